The first kappa shape index (κ1) is 15.2. The number of carbonyl (C=O) groups is 2. The maximum Gasteiger partial charge on any atom is 0.306 e. The lowest BCUT2D eigenvalue weighted by molar-refractivity contribution is -0.143. The fourth-order valence-electron chi connectivity index (χ4n) is 2.65. The molecule has 1 saturated carbocycles. The van der Waals surface area contributed by atoms with Gasteiger partial charge in [-0.3, -0.25) is 9.59 Å². The average molecular weight is 293 g/mol. The van der Waals surface area contributed by atoms with Gasteiger partial charge in [-0.2, -0.15) is 0 Å². The maximum atomic E-state index is 12.0. The van der Waals surface area contributed by atoms with Crippen molar-refractivity contribution < 1.29 is 24.9 Å². The van der Waals surface area contributed by atoms with Gasteiger partial charge in [-0.05, 0) is 49.8 Å². The van der Waals surface area contributed by atoms with E-state index in [0.717, 1.165) is 12.8 Å². The van der Waals surface area contributed by atoms with E-state index in [1.165, 1.54) is 18.2 Å². The normalized spacial score (nSPS) is 21.7. The summed E-state index contributed by atoms with van der Waals surface area (Å²) in [5.41, 5.74) is 0.0363. The fraction of sp³-hybridized carbons (Fsp3) is 0.467. The third-order valence-corrected chi connectivity index (χ3v) is 3.97. The van der Waals surface area contributed by atoms with Crippen LogP contribution in [0.15, 0.2) is 18.2 Å². The Bertz CT molecular complexity index is 535. The van der Waals surface area contributed by atoms with Crippen LogP contribution in [0.1, 0.15) is 36.0 Å². The van der Waals surface area contributed by atoms with Gasteiger partial charge in [0.1, 0.15) is 11.5 Å². The zero-order chi connectivity index (χ0) is 15.4. The van der Waals surface area contributed by atoms with Crippen LogP contribution in [0.5, 0.6) is 11.5 Å². The van der Waals surface area contributed by atoms with Crippen molar-refractivity contribution in [3.63, 3.8) is 0 Å². The average Bonchev–Trinajstić information content (AvgIpc) is 2.47. The molecule has 0 saturated heterocycles. The maximum absolute atomic E-state index is 12.0. The molecule has 0 aliphatic heterocycles. The fourth-order valence-corrected chi connectivity index (χ4v) is 2.65. The molecule has 114 valence electrons. The van der Waals surface area contributed by atoms with Crippen LogP contribution in [-0.2, 0) is 4.79 Å². The number of rotatable bonds is 4. The zero-order valence-electron chi connectivity index (χ0n) is 11.6. The van der Waals surface area contributed by atoms with Gasteiger partial charge in [0.05, 0.1) is 11.5 Å². The first-order valence-electron chi connectivity index (χ1n) is 7.00. The molecule has 0 heterocycles. The number of nitrogens with one attached hydrogen (secondary N) is 1. The van der Waals surface area contributed by atoms with Crippen molar-refractivity contribution in [1.82, 2.24) is 5.32 Å². The van der Waals surface area contributed by atoms with Crippen LogP contribution >= 0.6 is 0 Å². The van der Waals surface area contributed by atoms with Crippen molar-refractivity contribution in [2.24, 2.45) is 11.8 Å². The first-order valence-corrected chi connectivity index (χ1v) is 7.00. The summed E-state index contributed by atoms with van der Waals surface area (Å²) in [6.07, 6.45) is 2.80. The molecule has 6 heteroatoms. The molecule has 1 amide bonds. The molecule has 1 aliphatic rings. The topological polar surface area (TPSA) is 107 Å². The number of amides is 1. The molecule has 0 radical (unpaired) electrons. The lowest BCUT2D eigenvalue weighted by atomic mass is 9.82. The summed E-state index contributed by atoms with van der Waals surface area (Å²) in [5, 5.41) is 30.6. The minimum atomic E-state index is -0.748. The summed E-state index contributed by atoms with van der Waals surface area (Å²) in [5.74, 6) is -1.47. The summed E-state index contributed by atoms with van der Waals surface area (Å²) in [7, 11) is 0. The minimum Gasteiger partial charge on any atom is -0.508 e. The van der Waals surface area contributed by atoms with Crippen LogP contribution < -0.4 is 5.32 Å². The van der Waals surface area contributed by atoms with Gasteiger partial charge in [-0.1, -0.05) is 0 Å². The number of aromatic hydroxyl groups is 2. The number of benzene rings is 1. The van der Waals surface area contributed by atoms with Crippen LogP contribution in [0.3, 0.4) is 0 Å². The zero-order valence-corrected chi connectivity index (χ0v) is 11.6. The van der Waals surface area contributed by atoms with E-state index in [4.69, 9.17) is 5.11 Å². The van der Waals surface area contributed by atoms with E-state index < -0.39 is 11.9 Å². The summed E-state index contributed by atoms with van der Waals surface area (Å²) in [6.45, 7) is 0.445. The molecule has 6 nitrogen and oxygen atoms in total. The lowest BCUT2D eigenvalue weighted by Gasteiger charge is -2.26. The molecule has 0 atom stereocenters. The number of carboxylic acids is 1. The van der Waals surface area contributed by atoms with Crippen molar-refractivity contribution in [2.75, 3.05) is 6.54 Å². The van der Waals surface area contributed by atoms with Crippen LogP contribution in [0.2, 0.25) is 0 Å². The van der Waals surface area contributed by atoms with E-state index in [9.17, 15) is 19.8 Å². The molecule has 4 N–H and O–H groups in total. The van der Waals surface area contributed by atoms with Gasteiger partial charge in [0, 0.05) is 6.54 Å². The third-order valence-electron chi connectivity index (χ3n) is 3.97. The quantitative estimate of drug-likeness (QED) is 0.632. The predicted molar refractivity (Wildman–Crippen MR) is 75.2 cm³/mol. The van der Waals surface area contributed by atoms with Gasteiger partial charge < -0.3 is 20.6 Å². The molecule has 0 unspecified atom stereocenters. The Balaban J connectivity index is 1.85. The van der Waals surface area contributed by atoms with Gasteiger partial charge in [-0.25, -0.2) is 0 Å². The van der Waals surface area contributed by atoms with Gasteiger partial charge in [0.2, 0.25) is 0 Å². The molecule has 1 aromatic carbocycles. The van der Waals surface area contributed by atoms with Crippen LogP contribution in [-0.4, -0.2) is 33.7 Å². The minimum absolute atomic E-state index is 0.0363. The smallest absolute Gasteiger partial charge is 0.306 e. The summed E-state index contributed by atoms with van der Waals surface area (Å²) in [6, 6.07) is 3.79. The summed E-state index contributed by atoms with van der Waals surface area (Å²) < 4.78 is 0. The molecule has 0 spiro atoms. The standard InChI is InChI=1S/C15H19NO5/c17-11-5-6-13(18)12(7-11)14(19)16-8-9-1-3-10(4-2-9)15(20)21/h5-7,9-10,17-18H,1-4,8H2,(H,16,19)(H,20,21). The number of phenols is 2. The number of hydrogen-bond donors (Lipinski definition) is 4. The van der Waals surface area contributed by atoms with Crippen LogP contribution in [0.25, 0.3) is 0 Å². The summed E-state index contributed by atoms with van der Waals surface area (Å²) in [4.78, 5) is 22.8. The Morgan fingerprint density at radius 2 is 1.81 bits per heavy atom. The van der Waals surface area contributed by atoms with Crippen LogP contribution in [0, 0.1) is 11.8 Å². The molecule has 0 bridgehead atoms. The van der Waals surface area contributed by atoms with Gasteiger partial charge in [-0.15, -0.1) is 0 Å². The highest BCUT2D eigenvalue weighted by molar-refractivity contribution is 5.97. The molecule has 1 fully saturated rings. The Kier molecular flexibility index (Phi) is 4.67. The van der Waals surface area contributed by atoms with Crippen molar-refractivity contribution in [3.8, 4) is 11.5 Å². The number of carboxylic acid groups (broad SMARTS) is 1. The second-order valence-electron chi connectivity index (χ2n) is 5.47. The second-order valence-corrected chi connectivity index (χ2v) is 5.47. The van der Waals surface area contributed by atoms with Crippen molar-refractivity contribution >= 4 is 11.9 Å². The van der Waals surface area contributed by atoms with Gasteiger partial charge in [0.15, 0.2) is 0 Å². The largest absolute Gasteiger partial charge is 0.508 e. The van der Waals surface area contributed by atoms with Crippen molar-refractivity contribution in [1.29, 1.82) is 0 Å². The third kappa shape index (κ3) is 3.87. The van der Waals surface area contributed by atoms with Crippen molar-refractivity contribution in [3.05, 3.63) is 23.8 Å². The highest BCUT2D eigenvalue weighted by atomic mass is 16.4. The molecule has 0 aromatic heterocycles. The Labute approximate surface area is 122 Å². The Morgan fingerprint density at radius 1 is 1.14 bits per heavy atom. The Morgan fingerprint density at radius 3 is 2.43 bits per heavy atom. The van der Waals surface area contributed by atoms with E-state index in [1.54, 1.807) is 0 Å². The predicted octanol–water partition coefficient (Wildman–Crippen LogP) is 1.72. The monoisotopic (exact) mass is 293 g/mol. The van der Waals surface area contributed by atoms with Gasteiger partial charge >= 0.3 is 5.97 Å². The lowest BCUT2D eigenvalue weighted by Crippen LogP contribution is -2.32. The summed E-state index contributed by atoms with van der Waals surface area (Å²) >= 11 is 0. The van der Waals surface area contributed by atoms with E-state index in [2.05, 4.69) is 5.32 Å². The SMILES string of the molecule is O=C(NCC1CCC(C(=O)O)CC1)c1cc(O)ccc1O. The molecule has 1 aromatic rings. The van der Waals surface area contributed by atoms with E-state index in [0.29, 0.717) is 19.4 Å². The molecular formula is C15H19NO5. The highest BCUT2D eigenvalue weighted by Gasteiger charge is 2.26. The Hall–Kier alpha value is -2.24. The highest BCUT2D eigenvalue weighted by Crippen LogP contribution is 2.28. The van der Waals surface area contributed by atoms with E-state index in [-0.39, 0.29) is 28.9 Å². The molecule has 21 heavy (non-hydrogen) atoms. The van der Waals surface area contributed by atoms with E-state index in [1.807, 2.05) is 0 Å². The second kappa shape index (κ2) is 6.47. The number of hydrogen-bond acceptors (Lipinski definition) is 4. The first-order chi connectivity index (χ1) is 9.97. The molecule has 1 aliphatic carbocycles. The number of carbonyl (C=O) groups excluding carboxylic acids is 1. The van der Waals surface area contributed by atoms with Gasteiger partial charge in [0.25, 0.3) is 5.91 Å². The molecular weight excluding hydrogens is 274 g/mol. The van der Waals surface area contributed by atoms with Crippen LogP contribution in [0.4, 0.5) is 0 Å². The molecule has 2 rings (SSSR count). The van der Waals surface area contributed by atoms with E-state index >= 15 is 0 Å². The number of aliphatic carboxylic acids is 1. The number of phenolic OH excluding ortho intramolecular Hbond substituents is 2. The van der Waals surface area contributed by atoms with Crippen molar-refractivity contribution in [2.45, 2.75) is 25.7 Å².